The molecule has 0 saturated carbocycles. The van der Waals surface area contributed by atoms with E-state index >= 15 is 0 Å². The van der Waals surface area contributed by atoms with Crippen LogP contribution in [-0.4, -0.2) is 51.5 Å². The van der Waals surface area contributed by atoms with E-state index in [1.54, 1.807) is 21.3 Å². The highest BCUT2D eigenvalue weighted by molar-refractivity contribution is 5.68. The van der Waals surface area contributed by atoms with E-state index in [1.807, 2.05) is 24.0 Å². The van der Waals surface area contributed by atoms with Crippen molar-refractivity contribution in [3.63, 3.8) is 0 Å². The molecule has 0 aromatic heterocycles. The molecule has 2 rings (SSSR count). The van der Waals surface area contributed by atoms with Crippen LogP contribution >= 0.6 is 0 Å². The van der Waals surface area contributed by atoms with Crippen LogP contribution in [-0.2, 0) is 11.2 Å². The lowest BCUT2D eigenvalue weighted by Crippen LogP contribution is -2.37. The number of likely N-dealkylation sites (tertiary alicyclic amines) is 1. The number of nitrogens with zero attached hydrogens (tertiary/aromatic N) is 1. The monoisotopic (exact) mass is 323 g/mol. The molecule has 6 heteroatoms. The second-order valence-electron chi connectivity index (χ2n) is 5.43. The minimum absolute atomic E-state index is 0.136. The number of carbonyl (C=O) groups excluding carboxylic acids is 1. The zero-order chi connectivity index (χ0) is 16.8. The normalized spacial score (nSPS) is 17.0. The summed E-state index contributed by atoms with van der Waals surface area (Å²) in [5, 5.41) is 0. The molecule has 0 bridgehead atoms. The van der Waals surface area contributed by atoms with E-state index in [0.29, 0.717) is 23.9 Å². The van der Waals surface area contributed by atoms with Gasteiger partial charge in [-0.2, -0.15) is 0 Å². The van der Waals surface area contributed by atoms with Gasteiger partial charge in [-0.1, -0.05) is 0 Å². The van der Waals surface area contributed by atoms with E-state index in [9.17, 15) is 4.79 Å². The largest absolute Gasteiger partial charge is 0.493 e. The first-order valence-electron chi connectivity index (χ1n) is 7.86. The topological polar surface area (TPSA) is 57.2 Å². The first-order chi connectivity index (χ1) is 11.1. The van der Waals surface area contributed by atoms with Crippen LogP contribution in [0.25, 0.3) is 0 Å². The SMILES string of the molecule is CCOC(=O)N1CCC[C@@H]1Cc1cc(OC)c(OC)c(OC)c1. The molecular weight excluding hydrogens is 298 g/mol. The van der Waals surface area contributed by atoms with Gasteiger partial charge in [-0.3, -0.25) is 0 Å². The fraction of sp³-hybridized carbons (Fsp3) is 0.588. The fourth-order valence-electron chi connectivity index (χ4n) is 3.02. The fourth-order valence-corrected chi connectivity index (χ4v) is 3.02. The van der Waals surface area contributed by atoms with Crippen LogP contribution in [0.2, 0.25) is 0 Å². The van der Waals surface area contributed by atoms with Gasteiger partial charge in [0.05, 0.1) is 27.9 Å². The van der Waals surface area contributed by atoms with E-state index in [2.05, 4.69) is 0 Å². The highest BCUT2D eigenvalue weighted by Crippen LogP contribution is 2.39. The second kappa shape index (κ2) is 7.94. The van der Waals surface area contributed by atoms with Crippen molar-refractivity contribution in [2.24, 2.45) is 0 Å². The zero-order valence-corrected chi connectivity index (χ0v) is 14.3. The Labute approximate surface area is 137 Å². The van der Waals surface area contributed by atoms with Gasteiger partial charge < -0.3 is 23.8 Å². The maximum absolute atomic E-state index is 12.0. The molecule has 1 saturated heterocycles. The Kier molecular flexibility index (Phi) is 5.96. The predicted octanol–water partition coefficient (Wildman–Crippen LogP) is 2.88. The van der Waals surface area contributed by atoms with Crippen molar-refractivity contribution in [1.82, 2.24) is 4.90 Å². The van der Waals surface area contributed by atoms with Crippen LogP contribution in [0.5, 0.6) is 17.2 Å². The summed E-state index contributed by atoms with van der Waals surface area (Å²) in [5.41, 5.74) is 1.04. The Morgan fingerprint density at radius 3 is 2.35 bits per heavy atom. The van der Waals surface area contributed by atoms with E-state index in [4.69, 9.17) is 18.9 Å². The Bertz CT molecular complexity index is 521. The lowest BCUT2D eigenvalue weighted by molar-refractivity contribution is 0.103. The van der Waals surface area contributed by atoms with Gasteiger partial charge in [-0.05, 0) is 43.9 Å². The third-order valence-electron chi connectivity index (χ3n) is 4.08. The summed E-state index contributed by atoms with van der Waals surface area (Å²) in [6.45, 7) is 2.96. The lowest BCUT2D eigenvalue weighted by Gasteiger charge is -2.24. The molecule has 128 valence electrons. The van der Waals surface area contributed by atoms with Crippen molar-refractivity contribution in [3.8, 4) is 17.2 Å². The summed E-state index contributed by atoms with van der Waals surface area (Å²) in [4.78, 5) is 13.8. The van der Waals surface area contributed by atoms with Crippen molar-refractivity contribution in [3.05, 3.63) is 17.7 Å². The summed E-state index contributed by atoms with van der Waals surface area (Å²) < 4.78 is 21.3. The minimum Gasteiger partial charge on any atom is -0.493 e. The van der Waals surface area contributed by atoms with Crippen LogP contribution < -0.4 is 14.2 Å². The Hall–Kier alpha value is -2.11. The van der Waals surface area contributed by atoms with Crippen molar-refractivity contribution < 1.29 is 23.7 Å². The average molecular weight is 323 g/mol. The average Bonchev–Trinajstić information content (AvgIpc) is 3.02. The van der Waals surface area contributed by atoms with Crippen molar-refractivity contribution in [2.45, 2.75) is 32.2 Å². The highest BCUT2D eigenvalue weighted by Gasteiger charge is 2.30. The molecule has 6 nitrogen and oxygen atoms in total. The molecule has 1 fully saturated rings. The quantitative estimate of drug-likeness (QED) is 0.806. The van der Waals surface area contributed by atoms with Crippen molar-refractivity contribution >= 4 is 6.09 Å². The van der Waals surface area contributed by atoms with Crippen molar-refractivity contribution in [2.75, 3.05) is 34.5 Å². The summed E-state index contributed by atoms with van der Waals surface area (Å²) in [5.74, 6) is 1.83. The van der Waals surface area contributed by atoms with E-state index < -0.39 is 0 Å². The maximum Gasteiger partial charge on any atom is 0.410 e. The molecule has 1 aromatic rings. The van der Waals surface area contributed by atoms with Gasteiger partial charge in [0.25, 0.3) is 0 Å². The number of methoxy groups -OCH3 is 3. The van der Waals surface area contributed by atoms with Crippen LogP contribution in [0.1, 0.15) is 25.3 Å². The summed E-state index contributed by atoms with van der Waals surface area (Å²) in [7, 11) is 4.78. The first kappa shape index (κ1) is 17.2. The van der Waals surface area contributed by atoms with Crippen LogP contribution in [0.4, 0.5) is 4.79 Å². The molecule has 1 amide bonds. The molecule has 0 spiro atoms. The maximum atomic E-state index is 12.0. The van der Waals surface area contributed by atoms with Crippen LogP contribution in [0, 0.1) is 0 Å². The van der Waals surface area contributed by atoms with Gasteiger partial charge in [0.1, 0.15) is 0 Å². The number of ether oxygens (including phenoxy) is 4. The number of benzene rings is 1. The van der Waals surface area contributed by atoms with Gasteiger partial charge in [0, 0.05) is 12.6 Å². The van der Waals surface area contributed by atoms with Gasteiger partial charge in [0.15, 0.2) is 11.5 Å². The Morgan fingerprint density at radius 2 is 1.83 bits per heavy atom. The van der Waals surface area contributed by atoms with Gasteiger partial charge in [-0.15, -0.1) is 0 Å². The smallest absolute Gasteiger partial charge is 0.410 e. The molecule has 1 atom stereocenters. The molecule has 1 aliphatic rings. The zero-order valence-electron chi connectivity index (χ0n) is 14.3. The summed E-state index contributed by atoms with van der Waals surface area (Å²) >= 11 is 0. The first-order valence-corrected chi connectivity index (χ1v) is 7.86. The van der Waals surface area contributed by atoms with Gasteiger partial charge in [0.2, 0.25) is 5.75 Å². The molecule has 1 aromatic carbocycles. The number of amides is 1. The summed E-state index contributed by atoms with van der Waals surface area (Å²) in [6.07, 6.45) is 2.46. The molecule has 1 heterocycles. The van der Waals surface area contributed by atoms with Crippen LogP contribution in [0.3, 0.4) is 0 Å². The van der Waals surface area contributed by atoms with Gasteiger partial charge >= 0.3 is 6.09 Å². The second-order valence-corrected chi connectivity index (χ2v) is 5.43. The summed E-state index contributed by atoms with van der Waals surface area (Å²) in [6, 6.07) is 4.00. The van der Waals surface area contributed by atoms with E-state index in [1.165, 1.54) is 0 Å². The highest BCUT2D eigenvalue weighted by atomic mass is 16.6. The predicted molar refractivity (Wildman–Crippen MR) is 86.6 cm³/mol. The number of hydrogen-bond donors (Lipinski definition) is 0. The molecular formula is C17H25NO5. The van der Waals surface area contributed by atoms with E-state index in [-0.39, 0.29) is 12.1 Å². The molecule has 0 unspecified atom stereocenters. The Morgan fingerprint density at radius 1 is 1.17 bits per heavy atom. The third-order valence-corrected chi connectivity index (χ3v) is 4.08. The standard InChI is InChI=1S/C17H25NO5/c1-5-23-17(19)18-8-6-7-13(18)9-12-10-14(20-2)16(22-4)15(11-12)21-3/h10-11,13H,5-9H2,1-4H3/t13-/m1/s1. The molecule has 0 aliphatic carbocycles. The lowest BCUT2D eigenvalue weighted by atomic mass is 10.0. The van der Waals surface area contributed by atoms with E-state index in [0.717, 1.165) is 31.4 Å². The number of hydrogen-bond acceptors (Lipinski definition) is 5. The van der Waals surface area contributed by atoms with Crippen LogP contribution in [0.15, 0.2) is 12.1 Å². The number of rotatable bonds is 6. The third kappa shape index (κ3) is 3.81. The van der Waals surface area contributed by atoms with Crippen molar-refractivity contribution in [1.29, 1.82) is 0 Å². The minimum atomic E-state index is -0.234. The molecule has 0 radical (unpaired) electrons. The molecule has 1 aliphatic heterocycles. The molecule has 23 heavy (non-hydrogen) atoms. The molecule has 0 N–H and O–H groups in total. The Balaban J connectivity index is 2.20. The van der Waals surface area contributed by atoms with Gasteiger partial charge in [-0.25, -0.2) is 4.79 Å². The number of carbonyl (C=O) groups is 1.